The van der Waals surface area contributed by atoms with Gasteiger partial charge in [0.15, 0.2) is 0 Å². The van der Waals surface area contributed by atoms with E-state index < -0.39 is 0 Å². The van der Waals surface area contributed by atoms with Gasteiger partial charge in [-0.15, -0.1) is 0 Å². The van der Waals surface area contributed by atoms with Crippen LogP contribution >= 0.6 is 39.9 Å². The largest absolute Gasteiger partial charge is 0.308 e. The average Bonchev–Trinajstić information content (AvgIpc) is 3.09. The maximum atomic E-state index is 13.2. The van der Waals surface area contributed by atoms with Crippen molar-refractivity contribution < 1.29 is 9.59 Å². The van der Waals surface area contributed by atoms with Crippen LogP contribution in [0.3, 0.4) is 0 Å². The number of hydrogen-bond acceptors (Lipinski definition) is 4. The van der Waals surface area contributed by atoms with Crippen molar-refractivity contribution in [2.24, 2.45) is 0 Å². The highest BCUT2D eigenvalue weighted by Crippen LogP contribution is 2.33. The molecule has 0 N–H and O–H groups in total. The topological polar surface area (TPSA) is 40.6 Å². The van der Waals surface area contributed by atoms with Crippen molar-refractivity contribution in [1.82, 2.24) is 4.90 Å². The van der Waals surface area contributed by atoms with E-state index in [2.05, 4.69) is 15.9 Å². The van der Waals surface area contributed by atoms with Crippen LogP contribution in [0.1, 0.15) is 17.5 Å². The van der Waals surface area contributed by atoms with Crippen LogP contribution in [0, 0.1) is 0 Å². The highest BCUT2D eigenvalue weighted by atomic mass is 79.9. The molecule has 166 valence electrons. The summed E-state index contributed by atoms with van der Waals surface area (Å²) >= 11 is 10.2. The van der Waals surface area contributed by atoms with Crippen molar-refractivity contribution in [3.8, 4) is 0 Å². The van der Waals surface area contributed by atoms with Gasteiger partial charge in [-0.3, -0.25) is 14.5 Å². The standard InChI is InChI=1S/C26H21BrN2O2S2/c27-21-11-7-10-20(16-21)17-23-25(31)28(26(32)33-23)15-14-24(30)29(22-12-5-2-6-13-22)18-19-8-3-1-4-9-19/h1-13,16-17H,14-15,18H2. The van der Waals surface area contributed by atoms with Gasteiger partial charge in [0.05, 0.1) is 11.4 Å². The number of benzene rings is 3. The first-order valence-corrected chi connectivity index (χ1v) is 12.4. The molecule has 33 heavy (non-hydrogen) atoms. The molecule has 0 aromatic heterocycles. The molecule has 0 unspecified atom stereocenters. The van der Waals surface area contributed by atoms with Crippen LogP contribution in [-0.2, 0) is 16.1 Å². The number of carbonyl (C=O) groups is 2. The lowest BCUT2D eigenvalue weighted by Gasteiger charge is -2.24. The van der Waals surface area contributed by atoms with Crippen LogP contribution in [0.25, 0.3) is 6.08 Å². The molecule has 0 saturated carbocycles. The molecule has 2 amide bonds. The Morgan fingerprint density at radius 3 is 2.39 bits per heavy atom. The summed E-state index contributed by atoms with van der Waals surface area (Å²) in [4.78, 5) is 30.0. The molecule has 3 aromatic carbocycles. The van der Waals surface area contributed by atoms with Gasteiger partial charge in [-0.1, -0.05) is 101 Å². The van der Waals surface area contributed by atoms with Gasteiger partial charge in [0.1, 0.15) is 4.32 Å². The molecular formula is C26H21BrN2O2S2. The summed E-state index contributed by atoms with van der Waals surface area (Å²) in [6.07, 6.45) is 2.01. The van der Waals surface area contributed by atoms with Crippen LogP contribution in [0.5, 0.6) is 0 Å². The molecule has 3 aromatic rings. The first kappa shape index (κ1) is 23.4. The first-order valence-electron chi connectivity index (χ1n) is 10.4. The monoisotopic (exact) mass is 536 g/mol. The van der Waals surface area contributed by atoms with Gasteiger partial charge < -0.3 is 4.90 Å². The summed E-state index contributed by atoms with van der Waals surface area (Å²) in [5.41, 5.74) is 2.78. The van der Waals surface area contributed by atoms with Crippen molar-refractivity contribution in [3.63, 3.8) is 0 Å². The number of nitrogens with zero attached hydrogens (tertiary/aromatic N) is 2. The third-order valence-electron chi connectivity index (χ3n) is 5.12. The Morgan fingerprint density at radius 1 is 1.00 bits per heavy atom. The second kappa shape index (κ2) is 10.9. The summed E-state index contributed by atoms with van der Waals surface area (Å²) in [5, 5.41) is 0. The Hall–Kier alpha value is -2.74. The van der Waals surface area contributed by atoms with E-state index in [0.29, 0.717) is 15.8 Å². The summed E-state index contributed by atoms with van der Waals surface area (Å²) in [6, 6.07) is 27.2. The lowest BCUT2D eigenvalue weighted by molar-refractivity contribution is -0.123. The number of carbonyl (C=O) groups excluding carboxylic acids is 2. The maximum Gasteiger partial charge on any atom is 0.266 e. The molecule has 0 aliphatic carbocycles. The number of rotatable bonds is 7. The van der Waals surface area contributed by atoms with Crippen molar-refractivity contribution in [2.45, 2.75) is 13.0 Å². The van der Waals surface area contributed by atoms with E-state index in [1.807, 2.05) is 91.0 Å². The summed E-state index contributed by atoms with van der Waals surface area (Å²) in [5.74, 6) is -0.220. The van der Waals surface area contributed by atoms with Crippen molar-refractivity contribution in [2.75, 3.05) is 11.4 Å². The molecule has 1 saturated heterocycles. The summed E-state index contributed by atoms with van der Waals surface area (Å²) in [6.45, 7) is 0.711. The molecule has 1 aliphatic rings. The zero-order valence-corrected chi connectivity index (χ0v) is 20.9. The normalized spacial score (nSPS) is 14.7. The van der Waals surface area contributed by atoms with E-state index in [0.717, 1.165) is 21.3 Å². The summed E-state index contributed by atoms with van der Waals surface area (Å²) < 4.78 is 1.42. The van der Waals surface area contributed by atoms with Crippen molar-refractivity contribution in [1.29, 1.82) is 0 Å². The fourth-order valence-corrected chi connectivity index (χ4v) is 5.21. The summed E-state index contributed by atoms with van der Waals surface area (Å²) in [7, 11) is 0. The molecule has 1 fully saturated rings. The molecule has 1 aliphatic heterocycles. The predicted octanol–water partition coefficient (Wildman–Crippen LogP) is 6.27. The minimum atomic E-state index is -0.160. The van der Waals surface area contributed by atoms with E-state index in [4.69, 9.17) is 12.2 Å². The van der Waals surface area contributed by atoms with Crippen LogP contribution in [-0.4, -0.2) is 27.6 Å². The number of anilines is 1. The minimum Gasteiger partial charge on any atom is -0.308 e. The number of thiocarbonyl (C=S) groups is 1. The highest BCUT2D eigenvalue weighted by Gasteiger charge is 2.32. The van der Waals surface area contributed by atoms with Gasteiger partial charge in [-0.25, -0.2) is 0 Å². The molecular weight excluding hydrogens is 516 g/mol. The van der Waals surface area contributed by atoms with Gasteiger partial charge >= 0.3 is 0 Å². The fraction of sp³-hybridized carbons (Fsp3) is 0.115. The van der Waals surface area contributed by atoms with Gasteiger partial charge in [0.25, 0.3) is 5.91 Å². The van der Waals surface area contributed by atoms with Gasteiger partial charge in [0.2, 0.25) is 5.91 Å². The molecule has 4 nitrogen and oxygen atoms in total. The van der Waals surface area contributed by atoms with Crippen LogP contribution < -0.4 is 4.90 Å². The Balaban J connectivity index is 1.46. The molecule has 1 heterocycles. The van der Waals surface area contributed by atoms with Crippen molar-refractivity contribution >= 4 is 67.8 Å². The Labute approximate surface area is 211 Å². The second-order valence-electron chi connectivity index (χ2n) is 7.44. The SMILES string of the molecule is O=C1C(=Cc2cccc(Br)c2)SC(=S)N1CCC(=O)N(Cc1ccccc1)c1ccccc1. The first-order chi connectivity index (χ1) is 16.0. The zero-order chi connectivity index (χ0) is 23.2. The Kier molecular flexibility index (Phi) is 7.75. The molecule has 0 spiro atoms. The van der Waals surface area contributed by atoms with E-state index in [9.17, 15) is 9.59 Å². The van der Waals surface area contributed by atoms with Gasteiger partial charge in [0, 0.05) is 23.1 Å². The van der Waals surface area contributed by atoms with Gasteiger partial charge in [-0.05, 0) is 41.5 Å². The smallest absolute Gasteiger partial charge is 0.266 e. The quantitative estimate of drug-likeness (QED) is 0.263. The molecule has 7 heteroatoms. The fourth-order valence-electron chi connectivity index (χ4n) is 3.48. The third-order valence-corrected chi connectivity index (χ3v) is 6.99. The number of hydrogen-bond donors (Lipinski definition) is 0. The third kappa shape index (κ3) is 5.99. The number of thioether (sulfide) groups is 1. The number of halogens is 1. The van der Waals surface area contributed by atoms with E-state index >= 15 is 0 Å². The average molecular weight is 538 g/mol. The van der Waals surface area contributed by atoms with Crippen LogP contribution in [0.2, 0.25) is 0 Å². The van der Waals surface area contributed by atoms with E-state index in [1.165, 1.54) is 16.7 Å². The lowest BCUT2D eigenvalue weighted by Crippen LogP contribution is -2.36. The van der Waals surface area contributed by atoms with Crippen LogP contribution in [0.4, 0.5) is 5.69 Å². The number of para-hydroxylation sites is 1. The minimum absolute atomic E-state index is 0.0601. The second-order valence-corrected chi connectivity index (χ2v) is 10.0. The Morgan fingerprint density at radius 2 is 1.70 bits per heavy atom. The van der Waals surface area contributed by atoms with Crippen LogP contribution in [0.15, 0.2) is 94.3 Å². The van der Waals surface area contributed by atoms with Crippen molar-refractivity contribution in [3.05, 3.63) is 105 Å². The lowest BCUT2D eigenvalue weighted by atomic mass is 10.1. The van der Waals surface area contributed by atoms with E-state index in [-0.39, 0.29) is 24.8 Å². The predicted molar refractivity (Wildman–Crippen MR) is 143 cm³/mol. The van der Waals surface area contributed by atoms with Gasteiger partial charge in [-0.2, -0.15) is 0 Å². The zero-order valence-electron chi connectivity index (χ0n) is 17.7. The highest BCUT2D eigenvalue weighted by molar-refractivity contribution is 9.10. The van der Waals surface area contributed by atoms with E-state index in [1.54, 1.807) is 4.90 Å². The maximum absolute atomic E-state index is 13.2. The molecule has 4 rings (SSSR count). The number of amides is 2. The molecule has 0 radical (unpaired) electrons. The molecule has 0 atom stereocenters. The Bertz CT molecular complexity index is 1200. The molecule has 0 bridgehead atoms.